The molecule has 0 bridgehead atoms. The molecule has 0 saturated carbocycles. The van der Waals surface area contributed by atoms with Gasteiger partial charge in [-0.05, 0) is 32.3 Å². The van der Waals surface area contributed by atoms with E-state index in [0.717, 1.165) is 38.4 Å². The van der Waals surface area contributed by atoms with Crippen molar-refractivity contribution >= 4 is 5.96 Å². The maximum Gasteiger partial charge on any atom is 0.191 e. The van der Waals surface area contributed by atoms with E-state index in [1.54, 1.807) is 0 Å². The van der Waals surface area contributed by atoms with Crippen molar-refractivity contribution in [2.45, 2.75) is 45.3 Å². The third-order valence-corrected chi connectivity index (χ3v) is 4.31. The molecule has 1 aromatic carbocycles. The van der Waals surface area contributed by atoms with Crippen LogP contribution in [0.4, 0.5) is 0 Å². The molecule has 126 valence electrons. The van der Waals surface area contributed by atoms with Gasteiger partial charge in [0.25, 0.3) is 0 Å². The lowest BCUT2D eigenvalue weighted by molar-refractivity contribution is 0.134. The molecule has 1 fully saturated rings. The fourth-order valence-electron chi connectivity index (χ4n) is 3.07. The van der Waals surface area contributed by atoms with Crippen molar-refractivity contribution in [1.29, 1.82) is 0 Å². The van der Waals surface area contributed by atoms with Gasteiger partial charge in [0.2, 0.25) is 0 Å². The Morgan fingerprint density at radius 3 is 2.83 bits per heavy atom. The molecule has 2 N–H and O–H groups in total. The van der Waals surface area contributed by atoms with Crippen LogP contribution in [0.2, 0.25) is 0 Å². The van der Waals surface area contributed by atoms with E-state index in [-0.39, 0.29) is 0 Å². The van der Waals surface area contributed by atoms with Crippen LogP contribution in [-0.2, 0) is 6.54 Å². The predicted molar refractivity (Wildman–Crippen MR) is 98.6 cm³/mol. The number of nitrogens with one attached hydrogen (secondary N) is 2. The number of nitrogens with zero attached hydrogens (tertiary/aromatic N) is 2. The minimum absolute atomic E-state index is 0.486. The molecule has 0 radical (unpaired) electrons. The van der Waals surface area contributed by atoms with Gasteiger partial charge in [0, 0.05) is 31.7 Å². The fraction of sp³-hybridized carbons (Fsp3) is 0.526. The lowest BCUT2D eigenvalue weighted by atomic mass is 9.97. The molecule has 1 heterocycles. The standard InChI is InChI=1S/C19H30N4/c1-4-12-21-19(20-5-2)22-18-11-13-23(16(3)14-18)15-17-9-7-6-8-10-17/h4,6-10,16,18H,1,5,11-15H2,2-3H3,(H2,20,21,22). The van der Waals surface area contributed by atoms with Gasteiger partial charge in [0.05, 0.1) is 6.54 Å². The summed E-state index contributed by atoms with van der Waals surface area (Å²) >= 11 is 0. The maximum atomic E-state index is 4.50. The summed E-state index contributed by atoms with van der Waals surface area (Å²) in [4.78, 5) is 7.07. The first kappa shape index (κ1) is 17.5. The fourth-order valence-corrected chi connectivity index (χ4v) is 3.07. The van der Waals surface area contributed by atoms with Gasteiger partial charge in [0.15, 0.2) is 5.96 Å². The molecule has 4 nitrogen and oxygen atoms in total. The second kappa shape index (κ2) is 9.36. The Bertz CT molecular complexity index is 497. The smallest absolute Gasteiger partial charge is 0.191 e. The molecule has 0 aromatic heterocycles. The molecule has 1 aromatic rings. The van der Waals surface area contributed by atoms with Crippen molar-refractivity contribution in [3.05, 3.63) is 48.6 Å². The summed E-state index contributed by atoms with van der Waals surface area (Å²) in [6.45, 7) is 11.8. The molecular weight excluding hydrogens is 284 g/mol. The maximum absolute atomic E-state index is 4.50. The number of hydrogen-bond acceptors (Lipinski definition) is 2. The minimum atomic E-state index is 0.486. The number of benzene rings is 1. The van der Waals surface area contributed by atoms with E-state index in [1.807, 2.05) is 6.08 Å². The molecule has 2 unspecified atom stereocenters. The first-order valence-corrected chi connectivity index (χ1v) is 8.66. The van der Waals surface area contributed by atoms with Gasteiger partial charge in [-0.25, -0.2) is 4.99 Å². The number of guanidine groups is 1. The second-order valence-electron chi connectivity index (χ2n) is 6.18. The number of aliphatic imine (C=N–C) groups is 1. The van der Waals surface area contributed by atoms with Gasteiger partial charge < -0.3 is 10.6 Å². The monoisotopic (exact) mass is 314 g/mol. The summed E-state index contributed by atoms with van der Waals surface area (Å²) in [5.74, 6) is 0.904. The highest BCUT2D eigenvalue weighted by Gasteiger charge is 2.25. The summed E-state index contributed by atoms with van der Waals surface area (Å²) in [5, 5.41) is 6.88. The van der Waals surface area contributed by atoms with Crippen molar-refractivity contribution in [2.24, 2.45) is 4.99 Å². The zero-order valence-electron chi connectivity index (χ0n) is 14.5. The van der Waals surface area contributed by atoms with Crippen molar-refractivity contribution < 1.29 is 0 Å². The first-order valence-electron chi connectivity index (χ1n) is 8.66. The number of hydrogen-bond donors (Lipinski definition) is 2. The Labute approximate surface area is 140 Å². The van der Waals surface area contributed by atoms with Gasteiger partial charge in [-0.3, -0.25) is 4.90 Å². The normalized spacial score (nSPS) is 22.6. The molecule has 0 aliphatic carbocycles. The van der Waals surface area contributed by atoms with Gasteiger partial charge in [-0.2, -0.15) is 0 Å². The van der Waals surface area contributed by atoms with E-state index in [0.29, 0.717) is 18.6 Å². The van der Waals surface area contributed by atoms with Crippen LogP contribution in [0.15, 0.2) is 48.0 Å². The average molecular weight is 314 g/mol. The SMILES string of the molecule is C=CCN=C(NCC)NC1CCN(Cc2ccccc2)C(C)C1. The van der Waals surface area contributed by atoms with Gasteiger partial charge in [0.1, 0.15) is 0 Å². The van der Waals surface area contributed by atoms with Gasteiger partial charge in [-0.1, -0.05) is 36.4 Å². The lowest BCUT2D eigenvalue weighted by Crippen LogP contribution is -2.51. The molecule has 1 aliphatic rings. The van der Waals surface area contributed by atoms with Crippen LogP contribution >= 0.6 is 0 Å². The minimum Gasteiger partial charge on any atom is -0.357 e. The second-order valence-corrected chi connectivity index (χ2v) is 6.18. The Morgan fingerprint density at radius 2 is 2.17 bits per heavy atom. The highest BCUT2D eigenvalue weighted by atomic mass is 15.2. The Hall–Kier alpha value is -1.81. The third kappa shape index (κ3) is 5.71. The van der Waals surface area contributed by atoms with Crippen molar-refractivity contribution in [1.82, 2.24) is 15.5 Å². The predicted octanol–water partition coefficient (Wildman–Crippen LogP) is 2.78. The Morgan fingerprint density at radius 1 is 1.39 bits per heavy atom. The zero-order chi connectivity index (χ0) is 16.5. The van der Waals surface area contributed by atoms with Crippen LogP contribution < -0.4 is 10.6 Å². The number of likely N-dealkylation sites (tertiary alicyclic amines) is 1. The van der Waals surface area contributed by atoms with Crippen molar-refractivity contribution in [2.75, 3.05) is 19.6 Å². The van der Waals surface area contributed by atoms with E-state index in [4.69, 9.17) is 0 Å². The molecular formula is C19H30N4. The molecule has 1 saturated heterocycles. The van der Waals surface area contributed by atoms with Crippen LogP contribution in [0, 0.1) is 0 Å². The van der Waals surface area contributed by atoms with E-state index < -0.39 is 0 Å². The van der Waals surface area contributed by atoms with E-state index >= 15 is 0 Å². The highest BCUT2D eigenvalue weighted by Crippen LogP contribution is 2.19. The van der Waals surface area contributed by atoms with Gasteiger partial charge in [-0.15, -0.1) is 6.58 Å². The van der Waals surface area contributed by atoms with Crippen LogP contribution in [-0.4, -0.2) is 42.6 Å². The number of rotatable bonds is 6. The molecule has 23 heavy (non-hydrogen) atoms. The molecule has 0 amide bonds. The van der Waals surface area contributed by atoms with Crippen LogP contribution in [0.5, 0.6) is 0 Å². The summed E-state index contributed by atoms with van der Waals surface area (Å²) in [5.41, 5.74) is 1.40. The summed E-state index contributed by atoms with van der Waals surface area (Å²) < 4.78 is 0. The molecule has 1 aliphatic heterocycles. The topological polar surface area (TPSA) is 39.7 Å². The van der Waals surface area contributed by atoms with Crippen molar-refractivity contribution in [3.63, 3.8) is 0 Å². The summed E-state index contributed by atoms with van der Waals surface area (Å²) in [6.07, 6.45) is 4.12. The first-order chi connectivity index (χ1) is 11.2. The molecule has 2 atom stereocenters. The molecule has 0 spiro atoms. The largest absolute Gasteiger partial charge is 0.357 e. The third-order valence-electron chi connectivity index (χ3n) is 4.31. The summed E-state index contributed by atoms with van der Waals surface area (Å²) in [7, 11) is 0. The van der Waals surface area contributed by atoms with Crippen LogP contribution in [0.1, 0.15) is 32.3 Å². The zero-order valence-corrected chi connectivity index (χ0v) is 14.5. The van der Waals surface area contributed by atoms with E-state index in [9.17, 15) is 0 Å². The van der Waals surface area contributed by atoms with Crippen LogP contribution in [0.25, 0.3) is 0 Å². The van der Waals surface area contributed by atoms with E-state index in [1.165, 1.54) is 5.56 Å². The Kier molecular flexibility index (Phi) is 7.14. The van der Waals surface area contributed by atoms with E-state index in [2.05, 4.69) is 71.3 Å². The molecule has 2 rings (SSSR count). The molecule has 4 heteroatoms. The van der Waals surface area contributed by atoms with Crippen LogP contribution in [0.3, 0.4) is 0 Å². The lowest BCUT2D eigenvalue weighted by Gasteiger charge is -2.38. The quantitative estimate of drug-likeness (QED) is 0.482. The highest BCUT2D eigenvalue weighted by molar-refractivity contribution is 5.80. The van der Waals surface area contributed by atoms with Gasteiger partial charge >= 0.3 is 0 Å². The summed E-state index contributed by atoms with van der Waals surface area (Å²) in [6, 6.07) is 11.8. The Balaban J connectivity index is 1.86. The number of piperidine rings is 1. The van der Waals surface area contributed by atoms with Crippen molar-refractivity contribution in [3.8, 4) is 0 Å². The average Bonchev–Trinajstić information content (AvgIpc) is 2.56.